The maximum Gasteiger partial charge on any atom is 0.265 e. The molecule has 0 spiro atoms. The molecule has 2 aromatic rings. The van der Waals surface area contributed by atoms with Crippen LogP contribution in [0.15, 0.2) is 53.6 Å². The van der Waals surface area contributed by atoms with Gasteiger partial charge in [-0.2, -0.15) is 5.10 Å². The van der Waals surface area contributed by atoms with Gasteiger partial charge in [0.1, 0.15) is 19.0 Å². The lowest BCUT2D eigenvalue weighted by Gasteiger charge is -2.06. The van der Waals surface area contributed by atoms with Crippen LogP contribution in [0, 0.1) is 0 Å². The van der Waals surface area contributed by atoms with Crippen molar-refractivity contribution in [3.05, 3.63) is 64.7 Å². The summed E-state index contributed by atoms with van der Waals surface area (Å²) in [5.74, 6) is 0.172. The first-order valence-corrected chi connectivity index (χ1v) is 6.95. The Balaban J connectivity index is 1.86. The Morgan fingerprint density at radius 1 is 1.18 bits per heavy atom. The number of nitrogens with zero attached hydrogens (tertiary/aromatic N) is 1. The Hall–Kier alpha value is -2.37. The average Bonchev–Trinajstić information content (AvgIpc) is 2.55. The predicted molar refractivity (Wildman–Crippen MR) is 85.0 cm³/mol. The number of hydrogen-bond donors (Lipinski definition) is 2. The van der Waals surface area contributed by atoms with Gasteiger partial charge in [0.05, 0.1) is 6.21 Å². The van der Waals surface area contributed by atoms with Crippen molar-refractivity contribution < 1.29 is 14.6 Å². The molecule has 0 aromatic heterocycles. The summed E-state index contributed by atoms with van der Waals surface area (Å²) in [6.45, 7) is -0.133. The first-order chi connectivity index (χ1) is 10.7. The van der Waals surface area contributed by atoms with E-state index < -0.39 is 12.5 Å². The van der Waals surface area contributed by atoms with Crippen LogP contribution in [0.3, 0.4) is 0 Å². The molecule has 0 aliphatic heterocycles. The molecule has 0 radical (unpaired) electrons. The Kier molecular flexibility index (Phi) is 5.94. The maximum atomic E-state index is 10.8. The molecule has 22 heavy (non-hydrogen) atoms. The van der Waals surface area contributed by atoms with Crippen molar-refractivity contribution in [1.82, 2.24) is 5.43 Å². The molecule has 0 bridgehead atoms. The quantitative estimate of drug-likeness (QED) is 0.634. The second-order valence-corrected chi connectivity index (χ2v) is 4.87. The number of carbonyl (C=O) groups excluding carboxylic acids is 1. The predicted octanol–water partition coefficient (Wildman–Crippen LogP) is 2.36. The van der Waals surface area contributed by atoms with Crippen LogP contribution >= 0.6 is 11.6 Å². The number of carbonyl (C=O) groups is 1. The molecule has 6 heteroatoms. The molecule has 5 nitrogen and oxygen atoms in total. The first-order valence-electron chi connectivity index (χ1n) is 6.57. The van der Waals surface area contributed by atoms with Crippen molar-refractivity contribution in [3.63, 3.8) is 0 Å². The van der Waals surface area contributed by atoms with E-state index in [0.717, 1.165) is 16.9 Å². The molecule has 0 aliphatic rings. The molecule has 0 atom stereocenters. The molecule has 2 aromatic carbocycles. The van der Waals surface area contributed by atoms with Crippen molar-refractivity contribution in [2.75, 3.05) is 6.61 Å². The number of hydrogen-bond acceptors (Lipinski definition) is 4. The highest BCUT2D eigenvalue weighted by molar-refractivity contribution is 6.30. The average molecular weight is 319 g/mol. The van der Waals surface area contributed by atoms with Gasteiger partial charge in [-0.1, -0.05) is 23.7 Å². The Bertz CT molecular complexity index is 639. The van der Waals surface area contributed by atoms with Gasteiger partial charge in [-0.15, -0.1) is 0 Å². The van der Waals surface area contributed by atoms with Gasteiger partial charge in [0.15, 0.2) is 0 Å². The summed E-state index contributed by atoms with van der Waals surface area (Å²) in [6, 6.07) is 14.7. The van der Waals surface area contributed by atoms with Crippen LogP contribution in [0.2, 0.25) is 5.02 Å². The van der Waals surface area contributed by atoms with Gasteiger partial charge >= 0.3 is 0 Å². The lowest BCUT2D eigenvalue weighted by molar-refractivity contribution is -0.123. The number of rotatable bonds is 6. The highest BCUT2D eigenvalue weighted by Gasteiger charge is 1.97. The van der Waals surface area contributed by atoms with Gasteiger partial charge < -0.3 is 9.84 Å². The van der Waals surface area contributed by atoms with Gasteiger partial charge in [0.2, 0.25) is 0 Å². The van der Waals surface area contributed by atoms with Crippen LogP contribution in [0.5, 0.6) is 5.75 Å². The maximum absolute atomic E-state index is 10.8. The third-order valence-electron chi connectivity index (χ3n) is 2.75. The van der Waals surface area contributed by atoms with E-state index in [1.807, 2.05) is 48.5 Å². The highest BCUT2D eigenvalue weighted by atomic mass is 35.5. The Morgan fingerprint density at radius 3 is 2.50 bits per heavy atom. The molecule has 0 heterocycles. The van der Waals surface area contributed by atoms with Crippen LogP contribution in [0.1, 0.15) is 11.1 Å². The number of benzene rings is 2. The molecule has 0 saturated carbocycles. The Morgan fingerprint density at radius 2 is 1.86 bits per heavy atom. The third kappa shape index (κ3) is 5.20. The second kappa shape index (κ2) is 8.17. The minimum atomic E-state index is -0.588. The molecule has 2 rings (SSSR count). The van der Waals surface area contributed by atoms with Gasteiger partial charge in [-0.25, -0.2) is 5.43 Å². The van der Waals surface area contributed by atoms with Gasteiger partial charge in [0.25, 0.3) is 5.91 Å². The summed E-state index contributed by atoms with van der Waals surface area (Å²) >= 11 is 5.82. The molecular weight excluding hydrogens is 304 g/mol. The minimum Gasteiger partial charge on any atom is -0.489 e. The normalized spacial score (nSPS) is 10.6. The Labute approximate surface area is 133 Å². The SMILES string of the molecule is O=C(CO)N/N=C\c1ccc(OCc2ccc(Cl)cc2)cc1. The van der Waals surface area contributed by atoms with Crippen molar-refractivity contribution in [1.29, 1.82) is 0 Å². The van der Waals surface area contributed by atoms with Gasteiger partial charge in [-0.05, 0) is 47.5 Å². The summed E-state index contributed by atoms with van der Waals surface area (Å²) in [4.78, 5) is 10.8. The summed E-state index contributed by atoms with van der Waals surface area (Å²) in [6.07, 6.45) is 1.48. The first kappa shape index (κ1) is 16.0. The fourth-order valence-electron chi connectivity index (χ4n) is 1.61. The smallest absolute Gasteiger partial charge is 0.265 e. The molecule has 114 valence electrons. The number of halogens is 1. The van der Waals surface area contributed by atoms with E-state index in [9.17, 15) is 4.79 Å². The molecular formula is C16H15ClN2O3. The second-order valence-electron chi connectivity index (χ2n) is 4.44. The minimum absolute atomic E-state index is 0.456. The van der Waals surface area contributed by atoms with Crippen molar-refractivity contribution in [3.8, 4) is 5.75 Å². The lowest BCUT2D eigenvalue weighted by Crippen LogP contribution is -2.20. The molecule has 0 saturated heterocycles. The van der Waals surface area contributed by atoms with Crippen LogP contribution < -0.4 is 10.2 Å². The van der Waals surface area contributed by atoms with E-state index in [1.54, 1.807) is 0 Å². The largest absolute Gasteiger partial charge is 0.489 e. The zero-order valence-electron chi connectivity index (χ0n) is 11.7. The number of ether oxygens (including phenoxy) is 1. The number of aliphatic hydroxyl groups excluding tert-OH is 1. The van der Waals surface area contributed by atoms with Crippen molar-refractivity contribution >= 4 is 23.7 Å². The van der Waals surface area contributed by atoms with Crippen LogP contribution in [-0.2, 0) is 11.4 Å². The standard InChI is InChI=1S/C16H15ClN2O3/c17-14-5-1-13(2-6-14)11-22-15-7-3-12(4-8-15)9-18-19-16(21)10-20/h1-9,20H,10-11H2,(H,19,21)/b18-9-. The topological polar surface area (TPSA) is 70.9 Å². The summed E-state index contributed by atoms with van der Waals surface area (Å²) in [5.41, 5.74) is 4.02. The van der Waals surface area contributed by atoms with Crippen molar-refractivity contribution in [2.45, 2.75) is 6.61 Å². The molecule has 0 aliphatic carbocycles. The van der Waals surface area contributed by atoms with Gasteiger partial charge in [0, 0.05) is 5.02 Å². The van der Waals surface area contributed by atoms with Crippen LogP contribution in [0.25, 0.3) is 0 Å². The van der Waals surface area contributed by atoms with E-state index >= 15 is 0 Å². The lowest BCUT2D eigenvalue weighted by atomic mass is 10.2. The molecule has 1 amide bonds. The highest BCUT2D eigenvalue weighted by Crippen LogP contribution is 2.15. The summed E-state index contributed by atoms with van der Waals surface area (Å²) in [5, 5.41) is 12.9. The fraction of sp³-hybridized carbons (Fsp3) is 0.125. The molecule has 2 N–H and O–H groups in total. The summed E-state index contributed by atoms with van der Waals surface area (Å²) in [7, 11) is 0. The fourth-order valence-corrected chi connectivity index (χ4v) is 1.74. The zero-order valence-corrected chi connectivity index (χ0v) is 12.5. The van der Waals surface area contributed by atoms with E-state index in [1.165, 1.54) is 6.21 Å². The number of aliphatic hydroxyl groups is 1. The molecule has 0 unspecified atom stereocenters. The van der Waals surface area contributed by atoms with E-state index in [4.69, 9.17) is 21.4 Å². The summed E-state index contributed by atoms with van der Waals surface area (Å²) < 4.78 is 5.66. The van der Waals surface area contributed by atoms with Crippen LogP contribution in [0.4, 0.5) is 0 Å². The molecule has 0 fully saturated rings. The number of hydrazone groups is 1. The number of amides is 1. The van der Waals surface area contributed by atoms with E-state index in [-0.39, 0.29) is 0 Å². The van der Waals surface area contributed by atoms with Crippen LogP contribution in [-0.4, -0.2) is 23.8 Å². The van der Waals surface area contributed by atoms with E-state index in [2.05, 4.69) is 10.5 Å². The zero-order chi connectivity index (χ0) is 15.8. The van der Waals surface area contributed by atoms with Gasteiger partial charge in [-0.3, -0.25) is 4.79 Å². The van der Waals surface area contributed by atoms with Crippen molar-refractivity contribution in [2.24, 2.45) is 5.10 Å². The third-order valence-corrected chi connectivity index (χ3v) is 3.00. The number of nitrogens with one attached hydrogen (secondary N) is 1. The monoisotopic (exact) mass is 318 g/mol. The van der Waals surface area contributed by atoms with E-state index in [0.29, 0.717) is 11.6 Å².